The van der Waals surface area contributed by atoms with Gasteiger partial charge in [0.1, 0.15) is 5.57 Å². The number of amides is 3. The lowest BCUT2D eigenvalue weighted by Crippen LogP contribution is -2.53. The van der Waals surface area contributed by atoms with Gasteiger partial charge in [-0.25, -0.2) is 0 Å². The van der Waals surface area contributed by atoms with Gasteiger partial charge in [-0.1, -0.05) is 30.3 Å². The molecular formula is C23H21N3O5S. The maximum atomic E-state index is 12.7. The third-order valence-electron chi connectivity index (χ3n) is 4.41. The van der Waals surface area contributed by atoms with E-state index in [-0.39, 0.29) is 29.7 Å². The monoisotopic (exact) mass is 451 g/mol. The van der Waals surface area contributed by atoms with Crippen LogP contribution in [0.5, 0.6) is 11.5 Å². The van der Waals surface area contributed by atoms with E-state index >= 15 is 0 Å². The normalized spacial score (nSPS) is 14.7. The number of anilines is 1. The van der Waals surface area contributed by atoms with Crippen molar-refractivity contribution in [3.8, 4) is 11.5 Å². The number of benzene rings is 2. The van der Waals surface area contributed by atoms with Crippen LogP contribution in [0, 0.1) is 0 Å². The minimum Gasteiger partial charge on any atom is -0.493 e. The Kier molecular flexibility index (Phi) is 7.35. The number of para-hydroxylation sites is 1. The smallest absolute Gasteiger partial charge is 0.265 e. The Morgan fingerprint density at radius 3 is 2.62 bits per heavy atom. The van der Waals surface area contributed by atoms with Crippen LogP contribution in [0.3, 0.4) is 0 Å². The van der Waals surface area contributed by atoms with Crippen molar-refractivity contribution in [1.82, 2.24) is 10.2 Å². The van der Waals surface area contributed by atoms with E-state index in [2.05, 4.69) is 17.2 Å². The minimum atomic E-state index is -0.586. The molecule has 0 atom stereocenters. The summed E-state index contributed by atoms with van der Waals surface area (Å²) in [6.45, 7) is 3.55. The Hall–Kier alpha value is -3.98. The number of methoxy groups -OCH3 is 1. The van der Waals surface area contributed by atoms with Crippen LogP contribution >= 0.6 is 12.2 Å². The zero-order valence-corrected chi connectivity index (χ0v) is 18.1. The maximum absolute atomic E-state index is 12.7. The molecule has 1 aliphatic rings. The van der Waals surface area contributed by atoms with Crippen molar-refractivity contribution in [2.24, 2.45) is 0 Å². The van der Waals surface area contributed by atoms with Crippen molar-refractivity contribution in [1.29, 1.82) is 0 Å². The molecule has 0 radical (unpaired) electrons. The summed E-state index contributed by atoms with van der Waals surface area (Å²) in [5, 5.41) is 5.25. The Balaban J connectivity index is 1.73. The number of ether oxygens (including phenoxy) is 2. The van der Waals surface area contributed by atoms with Crippen molar-refractivity contribution >= 4 is 46.8 Å². The van der Waals surface area contributed by atoms with E-state index in [1.807, 2.05) is 18.2 Å². The minimum absolute atomic E-state index is 0.0344. The number of nitrogens with zero attached hydrogens (tertiary/aromatic N) is 1. The average Bonchev–Trinajstić information content (AvgIpc) is 2.79. The van der Waals surface area contributed by atoms with Gasteiger partial charge in [-0.2, -0.15) is 0 Å². The summed E-state index contributed by atoms with van der Waals surface area (Å²) in [5.41, 5.74) is 1.13. The molecule has 32 heavy (non-hydrogen) atoms. The van der Waals surface area contributed by atoms with Gasteiger partial charge in [-0.05, 0) is 48.1 Å². The van der Waals surface area contributed by atoms with Crippen LogP contribution in [0.1, 0.15) is 5.56 Å². The summed E-state index contributed by atoms with van der Waals surface area (Å²) in [6.07, 6.45) is 2.95. The fraction of sp³-hybridized carbons (Fsp3) is 0.130. The molecule has 2 aromatic carbocycles. The molecule has 0 unspecified atom stereocenters. The number of hydrogen-bond donors (Lipinski definition) is 2. The highest BCUT2D eigenvalue weighted by Gasteiger charge is 2.32. The summed E-state index contributed by atoms with van der Waals surface area (Å²) in [7, 11) is 1.45. The van der Waals surface area contributed by atoms with Crippen LogP contribution in [-0.2, 0) is 14.4 Å². The third-order valence-corrected chi connectivity index (χ3v) is 4.73. The SMILES string of the molecule is C=CCN1C(=O)/C(=C/c2ccc(OCC(=O)Nc3ccccc3)c(OC)c2)C(=O)NC1=S. The lowest BCUT2D eigenvalue weighted by atomic mass is 10.1. The summed E-state index contributed by atoms with van der Waals surface area (Å²) >= 11 is 5.04. The lowest BCUT2D eigenvalue weighted by molar-refractivity contribution is -0.128. The van der Waals surface area contributed by atoms with Crippen LogP contribution < -0.4 is 20.1 Å². The zero-order valence-electron chi connectivity index (χ0n) is 17.3. The molecule has 0 aromatic heterocycles. The first-order chi connectivity index (χ1) is 15.4. The zero-order chi connectivity index (χ0) is 23.1. The van der Waals surface area contributed by atoms with Gasteiger partial charge < -0.3 is 14.8 Å². The van der Waals surface area contributed by atoms with Crippen LogP contribution in [-0.4, -0.2) is 48.0 Å². The predicted octanol–water partition coefficient (Wildman–Crippen LogP) is 2.53. The second-order valence-electron chi connectivity index (χ2n) is 6.63. The van der Waals surface area contributed by atoms with Gasteiger partial charge in [0.2, 0.25) is 0 Å². The van der Waals surface area contributed by atoms with E-state index < -0.39 is 11.8 Å². The van der Waals surface area contributed by atoms with Crippen LogP contribution in [0.25, 0.3) is 6.08 Å². The van der Waals surface area contributed by atoms with E-state index in [4.69, 9.17) is 21.7 Å². The van der Waals surface area contributed by atoms with Crippen molar-refractivity contribution in [2.45, 2.75) is 0 Å². The van der Waals surface area contributed by atoms with E-state index in [1.54, 1.807) is 30.3 Å². The second kappa shape index (κ2) is 10.4. The molecular weight excluding hydrogens is 430 g/mol. The van der Waals surface area contributed by atoms with Crippen LogP contribution in [0.15, 0.2) is 66.8 Å². The predicted molar refractivity (Wildman–Crippen MR) is 124 cm³/mol. The molecule has 1 fully saturated rings. The van der Waals surface area contributed by atoms with Gasteiger partial charge in [0.25, 0.3) is 17.7 Å². The Bertz CT molecular complexity index is 1100. The van der Waals surface area contributed by atoms with Gasteiger partial charge in [-0.3, -0.25) is 24.6 Å². The third kappa shape index (κ3) is 5.38. The molecule has 0 saturated carbocycles. The topological polar surface area (TPSA) is 97.0 Å². The lowest BCUT2D eigenvalue weighted by Gasteiger charge is -2.27. The molecule has 1 heterocycles. The number of carbonyl (C=O) groups is 3. The molecule has 8 nitrogen and oxygen atoms in total. The standard InChI is InChI=1S/C23H21N3O5S/c1-3-11-26-22(29)17(21(28)25-23(26)32)12-15-9-10-18(19(13-15)30-2)31-14-20(27)24-16-7-5-4-6-8-16/h3-10,12-13H,1,11,14H2,2H3,(H,24,27)(H,25,28,32)/b17-12+. The van der Waals surface area contributed by atoms with Crippen molar-refractivity contribution < 1.29 is 23.9 Å². The van der Waals surface area contributed by atoms with Crippen molar-refractivity contribution in [2.75, 3.05) is 25.6 Å². The molecule has 1 saturated heterocycles. The molecule has 3 amide bonds. The summed E-state index contributed by atoms with van der Waals surface area (Å²) < 4.78 is 10.9. The first-order valence-corrected chi connectivity index (χ1v) is 9.99. The molecule has 0 aliphatic carbocycles. The van der Waals surface area contributed by atoms with Gasteiger partial charge in [0, 0.05) is 12.2 Å². The van der Waals surface area contributed by atoms with E-state index in [1.165, 1.54) is 24.2 Å². The molecule has 0 bridgehead atoms. The second-order valence-corrected chi connectivity index (χ2v) is 7.02. The van der Waals surface area contributed by atoms with Gasteiger partial charge in [-0.15, -0.1) is 6.58 Å². The van der Waals surface area contributed by atoms with Crippen LogP contribution in [0.4, 0.5) is 5.69 Å². The average molecular weight is 452 g/mol. The van der Waals surface area contributed by atoms with Crippen molar-refractivity contribution in [3.05, 3.63) is 72.3 Å². The molecule has 9 heteroatoms. The van der Waals surface area contributed by atoms with E-state index in [0.29, 0.717) is 22.7 Å². The Labute approximate surface area is 190 Å². The highest BCUT2D eigenvalue weighted by molar-refractivity contribution is 7.80. The van der Waals surface area contributed by atoms with Gasteiger partial charge >= 0.3 is 0 Å². The quantitative estimate of drug-likeness (QED) is 0.277. The highest BCUT2D eigenvalue weighted by atomic mass is 32.1. The highest BCUT2D eigenvalue weighted by Crippen LogP contribution is 2.29. The largest absolute Gasteiger partial charge is 0.493 e. The van der Waals surface area contributed by atoms with Crippen LogP contribution in [0.2, 0.25) is 0 Å². The van der Waals surface area contributed by atoms with Gasteiger partial charge in [0.15, 0.2) is 23.2 Å². The van der Waals surface area contributed by atoms with E-state index in [9.17, 15) is 14.4 Å². The fourth-order valence-corrected chi connectivity index (χ4v) is 3.16. The molecule has 0 spiro atoms. The molecule has 1 aliphatic heterocycles. The number of thiocarbonyl (C=S) groups is 1. The summed E-state index contributed by atoms with van der Waals surface area (Å²) in [6, 6.07) is 13.9. The van der Waals surface area contributed by atoms with Gasteiger partial charge in [0.05, 0.1) is 7.11 Å². The molecule has 164 valence electrons. The number of rotatable bonds is 8. The Morgan fingerprint density at radius 1 is 1.19 bits per heavy atom. The van der Waals surface area contributed by atoms with Crippen molar-refractivity contribution in [3.63, 3.8) is 0 Å². The summed E-state index contributed by atoms with van der Waals surface area (Å²) in [4.78, 5) is 38.3. The first kappa shape index (κ1) is 22.7. The fourth-order valence-electron chi connectivity index (χ4n) is 2.91. The summed E-state index contributed by atoms with van der Waals surface area (Å²) in [5.74, 6) is -0.749. The maximum Gasteiger partial charge on any atom is 0.265 e. The Morgan fingerprint density at radius 2 is 1.94 bits per heavy atom. The number of hydrogen-bond acceptors (Lipinski definition) is 6. The first-order valence-electron chi connectivity index (χ1n) is 9.58. The molecule has 3 rings (SSSR count). The molecule has 2 N–H and O–H groups in total. The number of carbonyl (C=O) groups excluding carboxylic acids is 3. The number of nitrogens with one attached hydrogen (secondary N) is 2. The molecule has 2 aromatic rings. The van der Waals surface area contributed by atoms with E-state index in [0.717, 1.165) is 0 Å².